The minimum Gasteiger partial charge on any atom is -0.484 e. The van der Waals surface area contributed by atoms with Crippen LogP contribution in [0.1, 0.15) is 25.7 Å². The predicted octanol–water partition coefficient (Wildman–Crippen LogP) is 4.74. The van der Waals surface area contributed by atoms with Crippen LogP contribution in [0, 0.1) is 17.0 Å². The first kappa shape index (κ1) is 24.7. The fraction of sp³-hybridized carbons (Fsp3) is 0.417. The second-order valence-electron chi connectivity index (χ2n) is 9.00. The number of hydrogen-bond donors (Lipinski definition) is 1. The zero-order valence-corrected chi connectivity index (χ0v) is 19.8. The molecular weight excluding hydrogens is 491 g/mol. The molecule has 0 aliphatic heterocycles. The zero-order valence-electron chi connectivity index (χ0n) is 18.3. The van der Waals surface area contributed by atoms with Crippen molar-refractivity contribution in [3.05, 3.63) is 58.1 Å². The highest BCUT2D eigenvalue weighted by molar-refractivity contribution is 6.31. The van der Waals surface area contributed by atoms with E-state index in [0.717, 1.165) is 12.1 Å². The molecule has 0 radical (unpaired) electrons. The van der Waals surface area contributed by atoms with Crippen molar-refractivity contribution in [2.45, 2.75) is 37.3 Å². The van der Waals surface area contributed by atoms with Gasteiger partial charge in [-0.05, 0) is 48.9 Å². The maximum Gasteiger partial charge on any atom is 0.258 e. The summed E-state index contributed by atoms with van der Waals surface area (Å²) >= 11 is 11.3. The third-order valence-corrected chi connectivity index (χ3v) is 6.81. The molecule has 0 saturated heterocycles. The van der Waals surface area contributed by atoms with Gasteiger partial charge >= 0.3 is 0 Å². The van der Waals surface area contributed by atoms with E-state index >= 15 is 0 Å². The summed E-state index contributed by atoms with van der Waals surface area (Å²) in [6.07, 6.45) is 1.40. The third-order valence-electron chi connectivity index (χ3n) is 6.20. The summed E-state index contributed by atoms with van der Waals surface area (Å²) in [5, 5.41) is 2.90. The van der Waals surface area contributed by atoms with Crippen LogP contribution < -0.4 is 14.8 Å². The lowest BCUT2D eigenvalue weighted by molar-refractivity contribution is -0.175. The number of hydrogen-bond acceptors (Lipinski definition) is 5. The molecule has 1 amide bonds. The van der Waals surface area contributed by atoms with E-state index in [1.807, 2.05) is 0 Å². The van der Waals surface area contributed by atoms with Crippen molar-refractivity contribution in [3.8, 4) is 11.5 Å². The zero-order chi connectivity index (χ0) is 24.5. The summed E-state index contributed by atoms with van der Waals surface area (Å²) in [7, 11) is 1.46. The number of Topliss-reactive ketones (excluding diaryl/α,β-unsaturated/α-hetero) is 1. The number of carbonyl (C=O) groups excluding carboxylic acids is 2. The molecule has 0 spiro atoms. The van der Waals surface area contributed by atoms with Gasteiger partial charge in [0.25, 0.3) is 5.91 Å². The van der Waals surface area contributed by atoms with Crippen molar-refractivity contribution in [2.24, 2.45) is 5.41 Å². The van der Waals surface area contributed by atoms with Crippen molar-refractivity contribution in [1.82, 2.24) is 5.32 Å². The second kappa shape index (κ2) is 9.68. The first-order valence-electron chi connectivity index (χ1n) is 10.6. The normalized spacial score (nSPS) is 23.3. The van der Waals surface area contributed by atoms with Crippen molar-refractivity contribution >= 4 is 34.9 Å². The van der Waals surface area contributed by atoms with Crippen molar-refractivity contribution < 1.29 is 32.6 Å². The summed E-state index contributed by atoms with van der Waals surface area (Å²) in [4.78, 5) is 25.2. The van der Waals surface area contributed by atoms with Crippen LogP contribution in [0.15, 0.2) is 36.4 Å². The third kappa shape index (κ3) is 5.29. The standard InChI is InChI=1S/C24H23Cl2F2NO5/c1-32-9-21(34-15-3-5-17(26)19(28)7-15)20(30)8-23-11-24(12-23,13-23)29-22(31)10-33-14-2-4-16(25)18(27)6-14/h2-7,21H,8-13H2,1H3,(H,29,31). The van der Waals surface area contributed by atoms with Crippen molar-refractivity contribution in [1.29, 1.82) is 0 Å². The fourth-order valence-corrected chi connectivity index (χ4v) is 5.14. The van der Waals surface area contributed by atoms with Crippen molar-refractivity contribution in [3.63, 3.8) is 0 Å². The molecule has 1 unspecified atom stereocenters. The van der Waals surface area contributed by atoms with Gasteiger partial charge in [-0.25, -0.2) is 8.78 Å². The number of benzene rings is 2. The van der Waals surface area contributed by atoms with Crippen LogP contribution in [0.4, 0.5) is 8.78 Å². The van der Waals surface area contributed by atoms with E-state index in [-0.39, 0.29) is 63.8 Å². The molecule has 2 aromatic carbocycles. The van der Waals surface area contributed by atoms with Gasteiger partial charge in [-0.2, -0.15) is 0 Å². The van der Waals surface area contributed by atoms with E-state index in [1.54, 1.807) is 0 Å². The Kier molecular flexibility index (Phi) is 7.03. The van der Waals surface area contributed by atoms with Gasteiger partial charge in [-0.3, -0.25) is 9.59 Å². The number of nitrogens with one attached hydrogen (secondary N) is 1. The Morgan fingerprint density at radius 2 is 1.62 bits per heavy atom. The number of ether oxygens (including phenoxy) is 3. The monoisotopic (exact) mass is 513 g/mol. The lowest BCUT2D eigenvalue weighted by atomic mass is 9.38. The molecule has 1 atom stereocenters. The molecule has 34 heavy (non-hydrogen) atoms. The fourth-order valence-electron chi connectivity index (χ4n) is 4.91. The number of ketones is 1. The Balaban J connectivity index is 1.25. The molecule has 3 aliphatic carbocycles. The van der Waals surface area contributed by atoms with Gasteiger partial charge in [0, 0.05) is 31.2 Å². The highest BCUT2D eigenvalue weighted by Gasteiger charge is 2.68. The minimum atomic E-state index is -0.877. The van der Waals surface area contributed by atoms with Gasteiger partial charge in [0.05, 0.1) is 16.7 Å². The first-order valence-corrected chi connectivity index (χ1v) is 11.4. The average Bonchev–Trinajstić information content (AvgIpc) is 2.74. The van der Waals surface area contributed by atoms with Gasteiger partial charge in [-0.15, -0.1) is 0 Å². The highest BCUT2D eigenvalue weighted by Crippen LogP contribution is 2.69. The lowest BCUT2D eigenvalue weighted by Crippen LogP contribution is -2.75. The van der Waals surface area contributed by atoms with Gasteiger partial charge in [0.2, 0.25) is 0 Å². The van der Waals surface area contributed by atoms with Crippen LogP contribution in [0.2, 0.25) is 10.0 Å². The van der Waals surface area contributed by atoms with E-state index in [2.05, 4.69) is 5.32 Å². The Morgan fingerprint density at radius 1 is 1.03 bits per heavy atom. The van der Waals surface area contributed by atoms with Crippen LogP contribution in [-0.2, 0) is 14.3 Å². The van der Waals surface area contributed by atoms with E-state index in [1.165, 1.54) is 31.4 Å². The second-order valence-corrected chi connectivity index (χ2v) is 9.82. The average molecular weight is 514 g/mol. The lowest BCUT2D eigenvalue weighted by Gasteiger charge is -2.70. The number of amides is 1. The molecule has 2 aromatic rings. The minimum absolute atomic E-state index is 0.0241. The van der Waals surface area contributed by atoms with E-state index in [9.17, 15) is 18.4 Å². The molecule has 2 bridgehead atoms. The molecule has 3 saturated carbocycles. The summed E-state index contributed by atoms with van der Waals surface area (Å²) in [5.74, 6) is -1.32. The summed E-state index contributed by atoms with van der Waals surface area (Å²) in [6, 6.07) is 7.94. The Morgan fingerprint density at radius 3 is 2.21 bits per heavy atom. The maximum atomic E-state index is 13.7. The van der Waals surface area contributed by atoms with E-state index in [0.29, 0.717) is 19.3 Å². The molecule has 6 nitrogen and oxygen atoms in total. The van der Waals surface area contributed by atoms with E-state index < -0.39 is 17.7 Å². The van der Waals surface area contributed by atoms with Crippen LogP contribution in [-0.4, -0.2) is 43.7 Å². The van der Waals surface area contributed by atoms with Crippen molar-refractivity contribution in [2.75, 3.05) is 20.3 Å². The van der Waals surface area contributed by atoms with Gasteiger partial charge in [0.15, 0.2) is 18.5 Å². The topological polar surface area (TPSA) is 73.9 Å². The summed E-state index contributed by atoms with van der Waals surface area (Å²) < 4.78 is 43.3. The Bertz CT molecular complexity index is 1090. The maximum absolute atomic E-state index is 13.7. The first-order chi connectivity index (χ1) is 16.1. The van der Waals surface area contributed by atoms with Crippen LogP contribution in [0.5, 0.6) is 11.5 Å². The molecule has 0 aromatic heterocycles. The number of rotatable bonds is 11. The molecule has 0 heterocycles. The molecule has 3 aliphatic rings. The highest BCUT2D eigenvalue weighted by atomic mass is 35.5. The summed E-state index contributed by atoms with van der Waals surface area (Å²) in [5.41, 5.74) is -0.534. The van der Waals surface area contributed by atoms with Gasteiger partial charge < -0.3 is 19.5 Å². The van der Waals surface area contributed by atoms with Gasteiger partial charge in [-0.1, -0.05) is 23.2 Å². The summed E-state index contributed by atoms with van der Waals surface area (Å²) in [6.45, 7) is -0.222. The molecule has 182 valence electrons. The molecule has 1 N–H and O–H groups in total. The molecule has 3 fully saturated rings. The quantitative estimate of drug-likeness (QED) is 0.469. The smallest absolute Gasteiger partial charge is 0.258 e. The molecular formula is C24H23Cl2F2NO5. The van der Waals surface area contributed by atoms with Gasteiger partial charge in [0.1, 0.15) is 23.1 Å². The SMILES string of the molecule is COCC(Oc1ccc(Cl)c(F)c1)C(=O)CC12CC(NC(=O)COc3ccc(Cl)c(F)c3)(C1)C2. The number of halogens is 4. The van der Waals surface area contributed by atoms with Crippen LogP contribution >= 0.6 is 23.2 Å². The predicted molar refractivity (Wildman–Crippen MR) is 121 cm³/mol. The van der Waals surface area contributed by atoms with E-state index in [4.69, 9.17) is 37.4 Å². The molecule has 10 heteroatoms. The number of carbonyl (C=O) groups is 2. The Labute approximate surface area is 205 Å². The van der Waals surface area contributed by atoms with Crippen LogP contribution in [0.3, 0.4) is 0 Å². The number of methoxy groups -OCH3 is 1. The van der Waals surface area contributed by atoms with Crippen LogP contribution in [0.25, 0.3) is 0 Å². The molecule has 5 rings (SSSR count). The largest absolute Gasteiger partial charge is 0.484 e. The Hall–Kier alpha value is -2.42.